The zero-order valence-corrected chi connectivity index (χ0v) is 14.1. The Bertz CT molecular complexity index is 498. The molecule has 3 nitrogen and oxygen atoms in total. The molecule has 0 aliphatic rings. The van der Waals surface area contributed by atoms with Crippen molar-refractivity contribution < 1.29 is 14.6 Å². The maximum Gasteiger partial charge on any atom is 0.306 e. The van der Waals surface area contributed by atoms with Crippen LogP contribution < -0.4 is 0 Å². The quantitative estimate of drug-likeness (QED) is 0.839. The molecule has 1 aromatic rings. The highest BCUT2D eigenvalue weighted by Gasteiger charge is 2.20. The van der Waals surface area contributed by atoms with Crippen molar-refractivity contribution in [2.24, 2.45) is 0 Å². The molecule has 0 aliphatic heterocycles. The van der Waals surface area contributed by atoms with Gasteiger partial charge in [-0.3, -0.25) is 4.79 Å². The van der Waals surface area contributed by atoms with Gasteiger partial charge in [-0.25, -0.2) is 0 Å². The first-order valence-corrected chi connectivity index (χ1v) is 7.55. The first-order chi connectivity index (χ1) is 9.65. The fraction of sp³-hybridized carbons (Fsp3) is 0.611. The molecule has 0 heterocycles. The van der Waals surface area contributed by atoms with Gasteiger partial charge in [0.05, 0.1) is 0 Å². The van der Waals surface area contributed by atoms with Gasteiger partial charge in [-0.15, -0.1) is 0 Å². The number of benzene rings is 1. The number of hydrogen-bond donors (Lipinski definition) is 1. The van der Waals surface area contributed by atoms with Crippen LogP contribution in [0.1, 0.15) is 61.8 Å². The predicted octanol–water partition coefficient (Wildman–Crippen LogP) is 3.81. The third-order valence-electron chi connectivity index (χ3n) is 3.88. The second-order valence-electron chi connectivity index (χ2n) is 6.73. The molecule has 1 rings (SSSR count). The van der Waals surface area contributed by atoms with E-state index in [1.54, 1.807) is 0 Å². The minimum absolute atomic E-state index is 0.0168. The van der Waals surface area contributed by atoms with E-state index in [-0.39, 0.29) is 18.5 Å². The predicted molar refractivity (Wildman–Crippen MR) is 85.6 cm³/mol. The van der Waals surface area contributed by atoms with E-state index in [4.69, 9.17) is 4.74 Å². The van der Waals surface area contributed by atoms with Gasteiger partial charge in [0.1, 0.15) is 5.60 Å². The summed E-state index contributed by atoms with van der Waals surface area (Å²) in [6.07, 6.45) is 0.934. The molecular formula is C18H28O3. The minimum Gasteiger partial charge on any atom is -0.460 e. The smallest absolute Gasteiger partial charge is 0.306 e. The van der Waals surface area contributed by atoms with Crippen LogP contribution in [0.2, 0.25) is 0 Å². The molecule has 0 aromatic heterocycles. The van der Waals surface area contributed by atoms with Crippen LogP contribution in [-0.4, -0.2) is 23.3 Å². The van der Waals surface area contributed by atoms with Gasteiger partial charge in [-0.05, 0) is 70.2 Å². The van der Waals surface area contributed by atoms with Crippen molar-refractivity contribution in [3.8, 4) is 0 Å². The molecule has 1 N–H and O–H groups in total. The van der Waals surface area contributed by atoms with E-state index in [0.717, 1.165) is 5.56 Å². The average molecular weight is 292 g/mol. The van der Waals surface area contributed by atoms with Crippen molar-refractivity contribution in [3.05, 3.63) is 34.4 Å². The summed E-state index contributed by atoms with van der Waals surface area (Å²) in [5.41, 5.74) is 4.38. The van der Waals surface area contributed by atoms with Crippen molar-refractivity contribution in [3.63, 3.8) is 0 Å². The zero-order valence-electron chi connectivity index (χ0n) is 14.1. The molecule has 3 heteroatoms. The highest BCUT2D eigenvalue weighted by Crippen LogP contribution is 2.28. The zero-order chi connectivity index (χ0) is 16.2. The molecule has 21 heavy (non-hydrogen) atoms. The Hall–Kier alpha value is -1.35. The van der Waals surface area contributed by atoms with E-state index in [2.05, 4.69) is 32.9 Å². The van der Waals surface area contributed by atoms with E-state index < -0.39 is 5.60 Å². The maximum absolute atomic E-state index is 11.8. The molecular weight excluding hydrogens is 264 g/mol. The van der Waals surface area contributed by atoms with Gasteiger partial charge >= 0.3 is 5.97 Å². The van der Waals surface area contributed by atoms with Crippen LogP contribution in [0.4, 0.5) is 0 Å². The number of aryl methyl sites for hydroxylation is 1. The lowest BCUT2D eigenvalue weighted by Gasteiger charge is -2.22. The molecule has 0 bridgehead atoms. The van der Waals surface area contributed by atoms with Crippen LogP contribution in [0.3, 0.4) is 0 Å². The van der Waals surface area contributed by atoms with Gasteiger partial charge in [-0.1, -0.05) is 12.1 Å². The van der Waals surface area contributed by atoms with E-state index in [9.17, 15) is 9.90 Å². The number of aliphatic hydroxyl groups excluding tert-OH is 1. The van der Waals surface area contributed by atoms with Gasteiger partial charge in [-0.2, -0.15) is 0 Å². The summed E-state index contributed by atoms with van der Waals surface area (Å²) >= 11 is 0. The van der Waals surface area contributed by atoms with E-state index in [1.807, 2.05) is 20.8 Å². The summed E-state index contributed by atoms with van der Waals surface area (Å²) in [7, 11) is 0. The molecule has 0 aliphatic carbocycles. The molecule has 0 saturated heterocycles. The molecule has 0 spiro atoms. The number of esters is 1. The SMILES string of the molecule is Cc1ccc(C(CO)CCC(=O)OC(C)(C)C)c(C)c1C. The number of ether oxygens (including phenoxy) is 1. The van der Waals surface area contributed by atoms with Gasteiger partial charge in [0.2, 0.25) is 0 Å². The number of hydrogen-bond acceptors (Lipinski definition) is 3. The van der Waals surface area contributed by atoms with Gasteiger partial charge in [0.25, 0.3) is 0 Å². The van der Waals surface area contributed by atoms with Crippen molar-refractivity contribution in [2.75, 3.05) is 6.61 Å². The Morgan fingerprint density at radius 3 is 2.33 bits per heavy atom. The Kier molecular flexibility index (Phi) is 5.97. The van der Waals surface area contributed by atoms with Crippen LogP contribution in [-0.2, 0) is 9.53 Å². The second-order valence-corrected chi connectivity index (χ2v) is 6.73. The molecule has 1 atom stereocenters. The third kappa shape index (κ3) is 5.16. The minimum atomic E-state index is -0.456. The van der Waals surface area contributed by atoms with E-state index in [1.165, 1.54) is 16.7 Å². The largest absolute Gasteiger partial charge is 0.460 e. The summed E-state index contributed by atoms with van der Waals surface area (Å²) in [5.74, 6) is -0.223. The second kappa shape index (κ2) is 7.08. The Morgan fingerprint density at radius 1 is 1.19 bits per heavy atom. The standard InChI is InChI=1S/C18H28O3/c1-12-7-9-16(14(3)13(12)2)15(11-19)8-10-17(20)21-18(4,5)6/h7,9,15,19H,8,10-11H2,1-6H3. The first kappa shape index (κ1) is 17.7. The number of rotatable bonds is 5. The van der Waals surface area contributed by atoms with Crippen LogP contribution in [0, 0.1) is 20.8 Å². The summed E-state index contributed by atoms with van der Waals surface area (Å²) < 4.78 is 5.32. The summed E-state index contributed by atoms with van der Waals surface area (Å²) in [5, 5.41) is 9.66. The summed E-state index contributed by atoms with van der Waals surface area (Å²) in [6.45, 7) is 11.9. The Labute approximate surface area is 128 Å². The van der Waals surface area contributed by atoms with Crippen molar-refractivity contribution in [1.29, 1.82) is 0 Å². The lowest BCUT2D eigenvalue weighted by Crippen LogP contribution is -2.24. The van der Waals surface area contributed by atoms with E-state index in [0.29, 0.717) is 12.8 Å². The number of carbonyl (C=O) groups is 1. The fourth-order valence-corrected chi connectivity index (χ4v) is 2.45. The van der Waals surface area contributed by atoms with Gasteiger partial charge in [0.15, 0.2) is 0 Å². The maximum atomic E-state index is 11.8. The van der Waals surface area contributed by atoms with Crippen molar-refractivity contribution in [1.82, 2.24) is 0 Å². The van der Waals surface area contributed by atoms with Crippen LogP contribution in [0.25, 0.3) is 0 Å². The topological polar surface area (TPSA) is 46.5 Å². The third-order valence-corrected chi connectivity index (χ3v) is 3.88. The number of carbonyl (C=O) groups excluding carboxylic acids is 1. The highest BCUT2D eigenvalue weighted by molar-refractivity contribution is 5.70. The van der Waals surface area contributed by atoms with Crippen molar-refractivity contribution >= 4 is 5.97 Å². The Morgan fingerprint density at radius 2 is 1.81 bits per heavy atom. The number of aliphatic hydroxyl groups is 1. The monoisotopic (exact) mass is 292 g/mol. The van der Waals surface area contributed by atoms with E-state index >= 15 is 0 Å². The van der Waals surface area contributed by atoms with Crippen molar-refractivity contribution in [2.45, 2.75) is 65.9 Å². The summed E-state index contributed by atoms with van der Waals surface area (Å²) in [6, 6.07) is 4.14. The summed E-state index contributed by atoms with van der Waals surface area (Å²) in [4.78, 5) is 11.8. The molecule has 0 radical (unpaired) electrons. The molecule has 1 aromatic carbocycles. The van der Waals surface area contributed by atoms with Crippen LogP contribution >= 0.6 is 0 Å². The molecule has 0 fully saturated rings. The van der Waals surface area contributed by atoms with Gasteiger partial charge in [0, 0.05) is 18.9 Å². The van der Waals surface area contributed by atoms with Gasteiger partial charge < -0.3 is 9.84 Å². The average Bonchev–Trinajstić information content (AvgIpc) is 2.36. The molecule has 118 valence electrons. The first-order valence-electron chi connectivity index (χ1n) is 7.55. The normalized spacial score (nSPS) is 13.1. The lowest BCUT2D eigenvalue weighted by atomic mass is 9.88. The van der Waals surface area contributed by atoms with Crippen LogP contribution in [0.15, 0.2) is 12.1 Å². The van der Waals surface area contributed by atoms with Crippen LogP contribution in [0.5, 0.6) is 0 Å². The molecule has 0 saturated carbocycles. The lowest BCUT2D eigenvalue weighted by molar-refractivity contribution is -0.155. The molecule has 0 amide bonds. The fourth-order valence-electron chi connectivity index (χ4n) is 2.45. The Balaban J connectivity index is 2.77. The highest BCUT2D eigenvalue weighted by atomic mass is 16.6. The molecule has 1 unspecified atom stereocenters.